The third kappa shape index (κ3) is 16.6. The Morgan fingerprint density at radius 3 is 1.80 bits per heavy atom. The minimum Gasteiger partial charge on any atom is -0.633 e. The summed E-state index contributed by atoms with van der Waals surface area (Å²) in [6.45, 7) is 5.01. The quantitative estimate of drug-likeness (QED) is 0.241. The second kappa shape index (κ2) is 14.6. The van der Waals surface area contributed by atoms with Crippen LogP contribution in [0.2, 0.25) is 0 Å². The van der Waals surface area contributed by atoms with E-state index in [-0.39, 0.29) is 4.65 Å². The molecule has 4 heteroatoms. The molecular weight excluding hydrogens is 378 g/mol. The molecule has 0 aliphatic rings. The largest absolute Gasteiger partial charge is 0.633 e. The highest BCUT2D eigenvalue weighted by atomic mass is 79.9. The number of phenols is 1. The van der Waals surface area contributed by atoms with Crippen molar-refractivity contribution in [2.45, 2.75) is 78.1 Å². The van der Waals surface area contributed by atoms with Gasteiger partial charge in [0.05, 0.1) is 25.1 Å². The number of halogens is 1. The number of phenolic OH excluding ortho intramolecular Hbond substituents is 1. The van der Waals surface area contributed by atoms with Crippen molar-refractivity contribution in [3.8, 4) is 5.75 Å². The van der Waals surface area contributed by atoms with E-state index in [9.17, 15) is 5.21 Å². The van der Waals surface area contributed by atoms with Crippen molar-refractivity contribution in [1.29, 1.82) is 0 Å². The average Bonchev–Trinajstić information content (AvgIpc) is 2.53. The zero-order chi connectivity index (χ0) is 19.1. The number of aromatic hydroxyl groups is 1. The Morgan fingerprint density at radius 2 is 1.40 bits per heavy atom. The van der Waals surface area contributed by atoms with E-state index >= 15 is 0 Å². The smallest absolute Gasteiger partial charge is 0.129 e. The van der Waals surface area contributed by atoms with Crippen LogP contribution in [0.1, 0.15) is 76.7 Å². The van der Waals surface area contributed by atoms with Crippen LogP contribution < -0.4 is 0 Å². The fourth-order valence-electron chi connectivity index (χ4n) is 2.59. The Kier molecular flexibility index (Phi) is 14.2. The highest BCUT2D eigenvalue weighted by Crippen LogP contribution is 2.23. The number of hydroxylamine groups is 3. The molecule has 0 saturated heterocycles. The van der Waals surface area contributed by atoms with E-state index in [1.165, 1.54) is 57.8 Å². The maximum absolute atomic E-state index is 11.3. The molecule has 1 aromatic rings. The van der Waals surface area contributed by atoms with Crippen molar-refractivity contribution < 1.29 is 9.75 Å². The predicted molar refractivity (Wildman–Crippen MR) is 113 cm³/mol. The summed E-state index contributed by atoms with van der Waals surface area (Å²) in [6.07, 6.45) is 13.4. The second-order valence-corrected chi connectivity index (χ2v) is 8.29. The average molecular weight is 416 g/mol. The number of unbranched alkanes of at least 4 members (excludes halogenated alkanes) is 9. The summed E-state index contributed by atoms with van der Waals surface area (Å²) in [7, 11) is 3.46. The van der Waals surface area contributed by atoms with Crippen molar-refractivity contribution in [2.75, 3.05) is 20.6 Å². The molecule has 0 atom stereocenters. The number of benzene rings is 1. The third-order valence-electron chi connectivity index (χ3n) is 4.15. The fourth-order valence-corrected chi connectivity index (χ4v) is 3.09. The lowest BCUT2D eigenvalue weighted by atomic mass is 10.1. The Labute approximate surface area is 163 Å². The summed E-state index contributed by atoms with van der Waals surface area (Å²) in [5.74, 6) is 0.292. The van der Waals surface area contributed by atoms with Gasteiger partial charge in [-0.25, -0.2) is 0 Å². The van der Waals surface area contributed by atoms with Crippen molar-refractivity contribution >= 4 is 15.9 Å². The SMILES string of the molecule is CCCCCCCCCCCC[N+](C)(C)[O-].Cc1ccc(O)c(Br)c1. The van der Waals surface area contributed by atoms with Crippen LogP contribution in [-0.2, 0) is 0 Å². The normalized spacial score (nSPS) is 11.1. The summed E-state index contributed by atoms with van der Waals surface area (Å²) in [5.41, 5.74) is 1.14. The van der Waals surface area contributed by atoms with E-state index in [0.29, 0.717) is 5.75 Å². The number of nitrogens with zero attached hydrogens (tertiary/aromatic N) is 1. The van der Waals surface area contributed by atoms with Crippen LogP contribution in [0.25, 0.3) is 0 Å². The molecule has 1 rings (SSSR count). The predicted octanol–water partition coefficient (Wildman–Crippen LogP) is 6.94. The van der Waals surface area contributed by atoms with E-state index in [4.69, 9.17) is 5.11 Å². The highest BCUT2D eigenvalue weighted by Gasteiger charge is 2.00. The van der Waals surface area contributed by atoms with Crippen molar-refractivity contribution in [3.63, 3.8) is 0 Å². The van der Waals surface area contributed by atoms with Crippen LogP contribution in [0.4, 0.5) is 0 Å². The van der Waals surface area contributed by atoms with E-state index in [0.717, 1.165) is 23.0 Å². The van der Waals surface area contributed by atoms with Crippen LogP contribution in [0.15, 0.2) is 22.7 Å². The molecule has 1 N–H and O–H groups in total. The van der Waals surface area contributed by atoms with E-state index in [1.54, 1.807) is 20.2 Å². The maximum Gasteiger partial charge on any atom is 0.129 e. The zero-order valence-corrected chi connectivity index (χ0v) is 18.3. The Balaban J connectivity index is 0.000000535. The van der Waals surface area contributed by atoms with Gasteiger partial charge in [0.1, 0.15) is 5.75 Å². The van der Waals surface area contributed by atoms with E-state index in [2.05, 4.69) is 22.9 Å². The van der Waals surface area contributed by atoms with Gasteiger partial charge in [0.15, 0.2) is 0 Å². The van der Waals surface area contributed by atoms with Gasteiger partial charge >= 0.3 is 0 Å². The van der Waals surface area contributed by atoms with Crippen LogP contribution in [0, 0.1) is 12.1 Å². The minimum absolute atomic E-state index is 0.128. The highest BCUT2D eigenvalue weighted by molar-refractivity contribution is 9.10. The van der Waals surface area contributed by atoms with Crippen molar-refractivity contribution in [2.24, 2.45) is 0 Å². The van der Waals surface area contributed by atoms with Crippen LogP contribution in [-0.4, -0.2) is 30.4 Å². The van der Waals surface area contributed by atoms with Gasteiger partial charge in [0, 0.05) is 0 Å². The first-order chi connectivity index (χ1) is 11.8. The fraction of sp³-hybridized carbons (Fsp3) is 0.714. The molecule has 0 fully saturated rings. The van der Waals surface area contributed by atoms with Gasteiger partial charge in [0.2, 0.25) is 0 Å². The van der Waals surface area contributed by atoms with Gasteiger partial charge in [-0.05, 0) is 53.4 Å². The third-order valence-corrected chi connectivity index (χ3v) is 4.79. The lowest BCUT2D eigenvalue weighted by Crippen LogP contribution is -2.32. The second-order valence-electron chi connectivity index (χ2n) is 7.43. The van der Waals surface area contributed by atoms with Gasteiger partial charge < -0.3 is 15.0 Å². The van der Waals surface area contributed by atoms with Gasteiger partial charge in [-0.15, -0.1) is 0 Å². The standard InChI is InChI=1S/C14H31NO.C7H7BrO/c1-4-5-6-7-8-9-10-11-12-13-14-15(2,3)16;1-5-2-3-7(9)6(8)4-5/h4-14H2,1-3H3;2-4,9H,1H3. The Bertz CT molecular complexity index is 444. The molecule has 0 aliphatic heterocycles. The topological polar surface area (TPSA) is 43.3 Å². The summed E-state index contributed by atoms with van der Waals surface area (Å²) in [5, 5.41) is 20.3. The molecule has 25 heavy (non-hydrogen) atoms. The molecule has 0 spiro atoms. The minimum atomic E-state index is -0.128. The van der Waals surface area contributed by atoms with Crippen LogP contribution in [0.5, 0.6) is 5.75 Å². The molecular formula is C21H38BrNO2. The van der Waals surface area contributed by atoms with Gasteiger partial charge in [-0.1, -0.05) is 64.4 Å². The monoisotopic (exact) mass is 415 g/mol. The van der Waals surface area contributed by atoms with Gasteiger partial charge in [-0.3, -0.25) is 0 Å². The molecule has 0 radical (unpaired) electrons. The summed E-state index contributed by atoms with van der Waals surface area (Å²) >= 11 is 3.20. The molecule has 0 amide bonds. The molecule has 0 bridgehead atoms. The number of hydrogen-bond acceptors (Lipinski definition) is 2. The number of hydrogen-bond donors (Lipinski definition) is 1. The maximum atomic E-state index is 11.3. The molecule has 0 aliphatic carbocycles. The zero-order valence-electron chi connectivity index (χ0n) is 16.7. The molecule has 1 aromatic carbocycles. The summed E-state index contributed by atoms with van der Waals surface area (Å²) in [6, 6.07) is 5.40. The number of rotatable bonds is 11. The van der Waals surface area contributed by atoms with E-state index in [1.807, 2.05) is 19.1 Å². The molecule has 0 saturated carbocycles. The van der Waals surface area contributed by atoms with Gasteiger partial charge in [0.25, 0.3) is 0 Å². The first kappa shape index (κ1) is 24.4. The van der Waals surface area contributed by atoms with Crippen molar-refractivity contribution in [1.82, 2.24) is 0 Å². The van der Waals surface area contributed by atoms with Crippen LogP contribution >= 0.6 is 15.9 Å². The first-order valence-corrected chi connectivity index (χ1v) is 10.5. The summed E-state index contributed by atoms with van der Waals surface area (Å²) in [4.78, 5) is 0. The number of aryl methyl sites for hydroxylation is 1. The molecule has 0 aromatic heterocycles. The molecule has 0 unspecified atom stereocenters. The van der Waals surface area contributed by atoms with Crippen molar-refractivity contribution in [3.05, 3.63) is 33.4 Å². The summed E-state index contributed by atoms with van der Waals surface area (Å²) < 4.78 is 0.624. The first-order valence-electron chi connectivity index (χ1n) is 9.75. The van der Waals surface area contributed by atoms with Crippen LogP contribution in [0.3, 0.4) is 0 Å². The molecule has 3 nitrogen and oxygen atoms in total. The molecule has 146 valence electrons. The van der Waals surface area contributed by atoms with E-state index < -0.39 is 0 Å². The lowest BCUT2D eigenvalue weighted by molar-refractivity contribution is -0.840. The van der Waals surface area contributed by atoms with Gasteiger partial charge in [-0.2, -0.15) is 0 Å². The Hall–Kier alpha value is -0.580. The number of quaternary nitrogens is 1. The lowest BCUT2D eigenvalue weighted by Gasteiger charge is -2.33. The molecule has 0 heterocycles. The Morgan fingerprint density at radius 1 is 0.920 bits per heavy atom.